The highest BCUT2D eigenvalue weighted by Crippen LogP contribution is 2.31. The van der Waals surface area contributed by atoms with Gasteiger partial charge < -0.3 is 15.2 Å². The summed E-state index contributed by atoms with van der Waals surface area (Å²) in [4.78, 5) is 25.2. The zero-order valence-electron chi connectivity index (χ0n) is 16.4. The predicted octanol–water partition coefficient (Wildman–Crippen LogP) is 3.72. The average molecular weight is 389 g/mol. The third-order valence-electron chi connectivity index (χ3n) is 4.67. The minimum atomic E-state index is -2.01. The van der Waals surface area contributed by atoms with Crippen LogP contribution in [0.2, 0.25) is 0 Å². The van der Waals surface area contributed by atoms with Crippen molar-refractivity contribution in [3.63, 3.8) is 0 Å². The number of anilines is 1. The molecule has 0 aliphatic carbocycles. The first-order valence-corrected chi connectivity index (χ1v) is 9.29. The fourth-order valence-corrected chi connectivity index (χ4v) is 3.14. The summed E-state index contributed by atoms with van der Waals surface area (Å²) in [5, 5.41) is 14.0. The fraction of sp³-hybridized carbons (Fsp3) is 0.167. The smallest absolute Gasteiger partial charge is 0.348 e. The van der Waals surface area contributed by atoms with Gasteiger partial charge in [-0.15, -0.1) is 0 Å². The van der Waals surface area contributed by atoms with Crippen LogP contribution in [0.1, 0.15) is 22.3 Å². The summed E-state index contributed by atoms with van der Waals surface area (Å²) in [5.74, 6) is -1.39. The summed E-state index contributed by atoms with van der Waals surface area (Å²) in [6, 6.07) is 22.7. The van der Waals surface area contributed by atoms with Crippen LogP contribution in [0.15, 0.2) is 78.9 Å². The highest BCUT2D eigenvalue weighted by molar-refractivity contribution is 5.94. The van der Waals surface area contributed by atoms with Gasteiger partial charge >= 0.3 is 5.97 Å². The zero-order valence-corrected chi connectivity index (χ0v) is 16.4. The Labute approximate surface area is 170 Å². The summed E-state index contributed by atoms with van der Waals surface area (Å²) < 4.78 is 5.21. The lowest BCUT2D eigenvalue weighted by atomic mass is 9.86. The first-order chi connectivity index (χ1) is 13.9. The monoisotopic (exact) mass is 389 g/mol. The molecule has 0 aliphatic rings. The van der Waals surface area contributed by atoms with Gasteiger partial charge in [-0.2, -0.15) is 0 Å². The van der Waals surface area contributed by atoms with Crippen LogP contribution in [-0.4, -0.2) is 23.6 Å². The number of aliphatic hydroxyl groups is 1. The van der Waals surface area contributed by atoms with Crippen molar-refractivity contribution in [2.24, 2.45) is 0 Å². The van der Waals surface area contributed by atoms with E-state index >= 15 is 0 Å². The summed E-state index contributed by atoms with van der Waals surface area (Å²) in [6.45, 7) is 3.35. The van der Waals surface area contributed by atoms with Gasteiger partial charge in [0.25, 0.3) is 5.91 Å². The van der Waals surface area contributed by atoms with Crippen LogP contribution >= 0.6 is 0 Å². The molecule has 0 radical (unpaired) electrons. The van der Waals surface area contributed by atoms with Gasteiger partial charge in [0.05, 0.1) is 0 Å². The van der Waals surface area contributed by atoms with Crippen molar-refractivity contribution >= 4 is 17.6 Å². The van der Waals surface area contributed by atoms with E-state index in [1.54, 1.807) is 66.7 Å². The standard InChI is InChI=1S/C24H23NO4/c1-17-13-14-21(18(2)15-17)25-22(26)16-29-23(27)24(28,19-9-5-3-6-10-19)20-11-7-4-8-12-20/h3-15,28H,16H2,1-2H3,(H,25,26). The van der Waals surface area contributed by atoms with Crippen LogP contribution in [0.4, 0.5) is 5.69 Å². The third-order valence-corrected chi connectivity index (χ3v) is 4.67. The van der Waals surface area contributed by atoms with Gasteiger partial charge in [-0.25, -0.2) is 4.79 Å². The van der Waals surface area contributed by atoms with Crippen molar-refractivity contribution < 1.29 is 19.4 Å². The topological polar surface area (TPSA) is 75.6 Å². The number of nitrogens with one attached hydrogen (secondary N) is 1. The highest BCUT2D eigenvalue weighted by atomic mass is 16.6. The molecule has 0 fully saturated rings. The zero-order chi connectivity index (χ0) is 20.9. The molecule has 0 saturated carbocycles. The van der Waals surface area contributed by atoms with Gasteiger partial charge in [-0.1, -0.05) is 78.4 Å². The van der Waals surface area contributed by atoms with Gasteiger partial charge in [-0.3, -0.25) is 4.79 Å². The Morgan fingerprint density at radius 1 is 0.897 bits per heavy atom. The number of benzene rings is 3. The predicted molar refractivity (Wildman–Crippen MR) is 111 cm³/mol. The van der Waals surface area contributed by atoms with Crippen LogP contribution in [0.25, 0.3) is 0 Å². The lowest BCUT2D eigenvalue weighted by Gasteiger charge is -2.27. The molecule has 5 nitrogen and oxygen atoms in total. The minimum Gasteiger partial charge on any atom is -0.453 e. The molecule has 2 N–H and O–H groups in total. The molecule has 1 amide bonds. The summed E-state index contributed by atoms with van der Waals surface area (Å²) >= 11 is 0. The summed E-state index contributed by atoms with van der Waals surface area (Å²) in [6.07, 6.45) is 0. The Bertz CT molecular complexity index is 960. The van der Waals surface area contributed by atoms with Crippen LogP contribution in [-0.2, 0) is 19.9 Å². The molecule has 0 spiro atoms. The SMILES string of the molecule is Cc1ccc(NC(=O)COC(=O)C(O)(c2ccccc2)c2ccccc2)c(C)c1. The van der Waals surface area contributed by atoms with Crippen molar-refractivity contribution in [3.8, 4) is 0 Å². The minimum absolute atomic E-state index is 0.367. The molecule has 3 aromatic carbocycles. The molecule has 5 heteroatoms. The van der Waals surface area contributed by atoms with E-state index in [0.29, 0.717) is 16.8 Å². The van der Waals surface area contributed by atoms with E-state index in [1.165, 1.54) is 0 Å². The summed E-state index contributed by atoms with van der Waals surface area (Å²) in [7, 11) is 0. The maximum Gasteiger partial charge on any atom is 0.348 e. The maximum absolute atomic E-state index is 12.9. The second kappa shape index (κ2) is 8.71. The lowest BCUT2D eigenvalue weighted by Crippen LogP contribution is -2.39. The van der Waals surface area contributed by atoms with E-state index < -0.39 is 24.1 Å². The van der Waals surface area contributed by atoms with Gasteiger partial charge in [0.1, 0.15) is 0 Å². The fourth-order valence-electron chi connectivity index (χ4n) is 3.14. The second-order valence-electron chi connectivity index (χ2n) is 6.89. The van der Waals surface area contributed by atoms with E-state index in [1.807, 2.05) is 26.0 Å². The number of amides is 1. The summed E-state index contributed by atoms with van der Waals surface area (Å²) in [5.41, 5.74) is 1.37. The quantitative estimate of drug-likeness (QED) is 0.630. The molecule has 0 aliphatic heterocycles. The number of ether oxygens (including phenoxy) is 1. The molecule has 0 bridgehead atoms. The van der Waals surface area contributed by atoms with Gasteiger partial charge in [0, 0.05) is 5.69 Å². The Morgan fingerprint density at radius 3 is 1.97 bits per heavy atom. The molecule has 3 aromatic rings. The molecular weight excluding hydrogens is 366 g/mol. The van der Waals surface area contributed by atoms with E-state index in [0.717, 1.165) is 11.1 Å². The van der Waals surface area contributed by atoms with E-state index in [4.69, 9.17) is 4.74 Å². The number of hydrogen-bond acceptors (Lipinski definition) is 4. The molecular formula is C24H23NO4. The molecule has 148 valence electrons. The Balaban J connectivity index is 1.76. The van der Waals surface area contributed by atoms with Gasteiger partial charge in [0.15, 0.2) is 6.61 Å². The van der Waals surface area contributed by atoms with E-state index in [2.05, 4.69) is 5.32 Å². The number of aryl methyl sites for hydroxylation is 2. The largest absolute Gasteiger partial charge is 0.453 e. The van der Waals surface area contributed by atoms with Gasteiger partial charge in [0.2, 0.25) is 5.60 Å². The molecule has 0 unspecified atom stereocenters. The number of hydrogen-bond donors (Lipinski definition) is 2. The third kappa shape index (κ3) is 4.52. The Hall–Kier alpha value is -3.44. The van der Waals surface area contributed by atoms with Crippen LogP contribution in [0.5, 0.6) is 0 Å². The first kappa shape index (κ1) is 20.3. The van der Waals surface area contributed by atoms with Crippen LogP contribution < -0.4 is 5.32 Å². The molecule has 0 atom stereocenters. The van der Waals surface area contributed by atoms with Crippen molar-refractivity contribution in [3.05, 3.63) is 101 Å². The molecule has 0 saturated heterocycles. The van der Waals surface area contributed by atoms with Crippen molar-refractivity contribution in [2.75, 3.05) is 11.9 Å². The number of esters is 1. The Kier molecular flexibility index (Phi) is 6.10. The maximum atomic E-state index is 12.9. The molecule has 0 aromatic heterocycles. The highest BCUT2D eigenvalue weighted by Gasteiger charge is 2.41. The van der Waals surface area contributed by atoms with E-state index in [9.17, 15) is 14.7 Å². The van der Waals surface area contributed by atoms with Crippen molar-refractivity contribution in [1.29, 1.82) is 0 Å². The van der Waals surface area contributed by atoms with Crippen molar-refractivity contribution in [1.82, 2.24) is 0 Å². The normalized spacial score (nSPS) is 11.0. The van der Waals surface area contributed by atoms with Crippen LogP contribution in [0.3, 0.4) is 0 Å². The number of rotatable bonds is 6. The van der Waals surface area contributed by atoms with Crippen molar-refractivity contribution in [2.45, 2.75) is 19.4 Å². The number of carbonyl (C=O) groups is 2. The Morgan fingerprint density at radius 2 is 1.45 bits per heavy atom. The first-order valence-electron chi connectivity index (χ1n) is 9.29. The molecule has 0 heterocycles. The second-order valence-corrected chi connectivity index (χ2v) is 6.89. The number of carbonyl (C=O) groups excluding carboxylic acids is 2. The van der Waals surface area contributed by atoms with Crippen LogP contribution in [0, 0.1) is 13.8 Å². The lowest BCUT2D eigenvalue weighted by molar-refractivity contribution is -0.163. The van der Waals surface area contributed by atoms with E-state index in [-0.39, 0.29) is 0 Å². The van der Waals surface area contributed by atoms with Gasteiger partial charge in [-0.05, 0) is 36.6 Å². The molecule has 29 heavy (non-hydrogen) atoms. The molecule has 3 rings (SSSR count). The average Bonchev–Trinajstić information content (AvgIpc) is 2.74.